The Morgan fingerprint density at radius 3 is 2.41 bits per heavy atom. The standard InChI is InChI=1S/C17H17BrN2O2/c18-16-8-6-15(22-16)7-9-17(21)20-12-10-19(11-13-20)14-4-2-1-3-5-14/h1-9H,10-13H2. The molecule has 0 bridgehead atoms. The number of hydrogen-bond acceptors (Lipinski definition) is 3. The predicted octanol–water partition coefficient (Wildman–Crippen LogP) is 3.40. The second kappa shape index (κ2) is 6.83. The first-order valence-corrected chi connectivity index (χ1v) is 8.04. The van der Waals surface area contributed by atoms with Crippen molar-refractivity contribution in [3.05, 3.63) is 59.0 Å². The molecule has 1 aromatic heterocycles. The normalized spacial score (nSPS) is 15.5. The van der Waals surface area contributed by atoms with Crippen LogP contribution in [0.2, 0.25) is 0 Å². The van der Waals surface area contributed by atoms with Gasteiger partial charge in [0.25, 0.3) is 0 Å². The van der Waals surface area contributed by atoms with Crippen LogP contribution >= 0.6 is 15.9 Å². The number of hydrogen-bond donors (Lipinski definition) is 0. The number of para-hydroxylation sites is 1. The largest absolute Gasteiger partial charge is 0.450 e. The van der Waals surface area contributed by atoms with Crippen LogP contribution in [0, 0.1) is 0 Å². The van der Waals surface area contributed by atoms with Crippen molar-refractivity contribution in [2.24, 2.45) is 0 Å². The summed E-state index contributed by atoms with van der Waals surface area (Å²) in [6, 6.07) is 13.9. The number of rotatable bonds is 3. The molecule has 0 radical (unpaired) electrons. The predicted molar refractivity (Wildman–Crippen MR) is 90.7 cm³/mol. The fourth-order valence-electron chi connectivity index (χ4n) is 2.50. The van der Waals surface area contributed by atoms with Gasteiger partial charge in [0.05, 0.1) is 0 Å². The molecule has 0 saturated carbocycles. The van der Waals surface area contributed by atoms with Crippen molar-refractivity contribution in [2.45, 2.75) is 0 Å². The van der Waals surface area contributed by atoms with E-state index in [9.17, 15) is 4.79 Å². The molecule has 1 fully saturated rings. The molecular weight excluding hydrogens is 344 g/mol. The summed E-state index contributed by atoms with van der Waals surface area (Å²) in [5.41, 5.74) is 1.21. The summed E-state index contributed by atoms with van der Waals surface area (Å²) in [5, 5.41) is 0. The number of furan rings is 1. The Labute approximate surface area is 138 Å². The fraction of sp³-hybridized carbons (Fsp3) is 0.235. The Hall–Kier alpha value is -2.01. The molecule has 114 valence electrons. The maximum atomic E-state index is 12.2. The Bertz CT molecular complexity index is 658. The van der Waals surface area contributed by atoms with Gasteiger partial charge in [-0.3, -0.25) is 4.79 Å². The minimum atomic E-state index is 0.0280. The topological polar surface area (TPSA) is 36.7 Å². The van der Waals surface area contributed by atoms with Gasteiger partial charge in [-0.25, -0.2) is 0 Å². The minimum Gasteiger partial charge on any atom is -0.450 e. The van der Waals surface area contributed by atoms with E-state index in [-0.39, 0.29) is 5.91 Å². The maximum Gasteiger partial charge on any atom is 0.246 e. The summed E-state index contributed by atoms with van der Waals surface area (Å²) < 4.78 is 6.01. The molecule has 1 amide bonds. The molecule has 2 heterocycles. The van der Waals surface area contributed by atoms with E-state index in [2.05, 4.69) is 33.0 Å². The summed E-state index contributed by atoms with van der Waals surface area (Å²) in [6.07, 6.45) is 3.28. The zero-order chi connectivity index (χ0) is 15.4. The van der Waals surface area contributed by atoms with Crippen LogP contribution in [0.4, 0.5) is 5.69 Å². The Morgan fingerprint density at radius 1 is 1.05 bits per heavy atom. The molecule has 1 aliphatic rings. The lowest BCUT2D eigenvalue weighted by Gasteiger charge is -2.35. The molecule has 0 N–H and O–H groups in total. The molecule has 5 heteroatoms. The highest BCUT2D eigenvalue weighted by Crippen LogP contribution is 2.17. The van der Waals surface area contributed by atoms with Gasteiger partial charge in [-0.15, -0.1) is 0 Å². The first-order chi connectivity index (χ1) is 10.7. The lowest BCUT2D eigenvalue weighted by atomic mass is 10.2. The van der Waals surface area contributed by atoms with Crippen molar-refractivity contribution in [1.29, 1.82) is 0 Å². The number of carbonyl (C=O) groups is 1. The number of benzene rings is 1. The van der Waals surface area contributed by atoms with Gasteiger partial charge in [-0.1, -0.05) is 18.2 Å². The van der Waals surface area contributed by atoms with E-state index in [1.54, 1.807) is 12.2 Å². The van der Waals surface area contributed by atoms with Crippen LogP contribution in [0.25, 0.3) is 6.08 Å². The maximum absolute atomic E-state index is 12.2. The molecular formula is C17H17BrN2O2. The number of anilines is 1. The quantitative estimate of drug-likeness (QED) is 0.787. The SMILES string of the molecule is O=C(C=Cc1ccc(Br)o1)N1CCN(c2ccccc2)CC1. The number of amides is 1. The number of piperazine rings is 1. The molecule has 0 spiro atoms. The lowest BCUT2D eigenvalue weighted by molar-refractivity contribution is -0.126. The van der Waals surface area contributed by atoms with Gasteiger partial charge < -0.3 is 14.2 Å². The van der Waals surface area contributed by atoms with Gasteiger partial charge in [-0.2, -0.15) is 0 Å². The highest BCUT2D eigenvalue weighted by molar-refractivity contribution is 9.10. The van der Waals surface area contributed by atoms with Crippen molar-refractivity contribution >= 4 is 33.6 Å². The second-order valence-electron chi connectivity index (χ2n) is 5.12. The van der Waals surface area contributed by atoms with Gasteiger partial charge in [0, 0.05) is 37.9 Å². The summed E-state index contributed by atoms with van der Waals surface area (Å²) in [7, 11) is 0. The van der Waals surface area contributed by atoms with E-state index in [0.29, 0.717) is 10.4 Å². The Kier molecular flexibility index (Phi) is 4.63. The average molecular weight is 361 g/mol. The van der Waals surface area contributed by atoms with Gasteiger partial charge in [-0.05, 0) is 46.3 Å². The summed E-state index contributed by atoms with van der Waals surface area (Å²) in [6.45, 7) is 3.19. The molecule has 1 aromatic carbocycles. The molecule has 1 aliphatic heterocycles. The average Bonchev–Trinajstić information content (AvgIpc) is 2.99. The highest BCUT2D eigenvalue weighted by atomic mass is 79.9. The van der Waals surface area contributed by atoms with Crippen molar-refractivity contribution in [2.75, 3.05) is 31.1 Å². The fourth-order valence-corrected chi connectivity index (χ4v) is 2.82. The van der Waals surface area contributed by atoms with E-state index in [1.807, 2.05) is 35.2 Å². The number of carbonyl (C=O) groups excluding carboxylic acids is 1. The van der Waals surface area contributed by atoms with Crippen LogP contribution in [0.3, 0.4) is 0 Å². The highest BCUT2D eigenvalue weighted by Gasteiger charge is 2.19. The summed E-state index contributed by atoms with van der Waals surface area (Å²) >= 11 is 3.24. The molecule has 0 aliphatic carbocycles. The van der Waals surface area contributed by atoms with E-state index in [4.69, 9.17) is 4.42 Å². The zero-order valence-corrected chi connectivity index (χ0v) is 13.7. The van der Waals surface area contributed by atoms with Crippen molar-refractivity contribution in [3.8, 4) is 0 Å². The molecule has 2 aromatic rings. The molecule has 0 atom stereocenters. The monoisotopic (exact) mass is 360 g/mol. The van der Waals surface area contributed by atoms with Crippen molar-refractivity contribution < 1.29 is 9.21 Å². The van der Waals surface area contributed by atoms with Crippen LogP contribution in [0.15, 0.2) is 57.6 Å². The minimum absolute atomic E-state index is 0.0280. The zero-order valence-electron chi connectivity index (χ0n) is 12.1. The summed E-state index contributed by atoms with van der Waals surface area (Å²) in [5.74, 6) is 0.698. The van der Waals surface area contributed by atoms with Gasteiger partial charge in [0.1, 0.15) is 5.76 Å². The summed E-state index contributed by atoms with van der Waals surface area (Å²) in [4.78, 5) is 16.4. The van der Waals surface area contributed by atoms with Crippen molar-refractivity contribution in [1.82, 2.24) is 4.90 Å². The smallest absolute Gasteiger partial charge is 0.246 e. The van der Waals surface area contributed by atoms with Crippen LogP contribution in [0.1, 0.15) is 5.76 Å². The van der Waals surface area contributed by atoms with Gasteiger partial charge >= 0.3 is 0 Å². The first-order valence-electron chi connectivity index (χ1n) is 7.25. The number of nitrogens with zero attached hydrogens (tertiary/aromatic N) is 2. The van der Waals surface area contributed by atoms with Crippen LogP contribution in [-0.2, 0) is 4.79 Å². The molecule has 4 nitrogen and oxygen atoms in total. The molecule has 1 saturated heterocycles. The lowest BCUT2D eigenvalue weighted by Crippen LogP contribution is -2.48. The molecule has 0 unspecified atom stereocenters. The van der Waals surface area contributed by atoms with Crippen molar-refractivity contribution in [3.63, 3.8) is 0 Å². The van der Waals surface area contributed by atoms with E-state index >= 15 is 0 Å². The van der Waals surface area contributed by atoms with Crippen LogP contribution < -0.4 is 4.90 Å². The molecule has 22 heavy (non-hydrogen) atoms. The second-order valence-corrected chi connectivity index (χ2v) is 5.90. The van der Waals surface area contributed by atoms with Crippen LogP contribution in [-0.4, -0.2) is 37.0 Å². The first kappa shape index (κ1) is 14.9. The van der Waals surface area contributed by atoms with Crippen LogP contribution in [0.5, 0.6) is 0 Å². The van der Waals surface area contributed by atoms with Gasteiger partial charge in [0.15, 0.2) is 4.67 Å². The Morgan fingerprint density at radius 2 is 1.77 bits per heavy atom. The van der Waals surface area contributed by atoms with E-state index < -0.39 is 0 Å². The third kappa shape index (κ3) is 3.60. The third-order valence-corrected chi connectivity index (χ3v) is 4.12. The third-order valence-electron chi connectivity index (χ3n) is 3.70. The van der Waals surface area contributed by atoms with E-state index in [0.717, 1.165) is 26.2 Å². The molecule has 3 rings (SSSR count). The van der Waals surface area contributed by atoms with Gasteiger partial charge in [0.2, 0.25) is 5.91 Å². The van der Waals surface area contributed by atoms with E-state index in [1.165, 1.54) is 5.69 Å². The number of halogens is 1. The Balaban J connectivity index is 1.55.